The van der Waals surface area contributed by atoms with E-state index in [-0.39, 0.29) is 18.3 Å². The Bertz CT molecular complexity index is 880. The van der Waals surface area contributed by atoms with Crippen LogP contribution in [0, 0.1) is 13.8 Å². The number of benzene rings is 2. The van der Waals surface area contributed by atoms with E-state index in [2.05, 4.69) is 58.9 Å². The molecule has 2 aromatic rings. The highest BCUT2D eigenvalue weighted by Crippen LogP contribution is 2.36. The molecule has 1 heterocycles. The molecule has 1 fully saturated rings. The molecule has 27 heavy (non-hydrogen) atoms. The molecule has 0 aromatic heterocycles. The molecular weight excluding hydrogens is 335 g/mol. The van der Waals surface area contributed by atoms with Gasteiger partial charge in [0.25, 0.3) is 0 Å². The largest absolute Gasteiger partial charge is 0.495 e. The number of carbonyl (C=O) groups is 1. The van der Waals surface area contributed by atoms with E-state index >= 15 is 0 Å². The lowest BCUT2D eigenvalue weighted by Crippen LogP contribution is -2.41. The minimum absolute atomic E-state index is 0.359. The van der Waals surface area contributed by atoms with E-state index in [1.807, 2.05) is 31.2 Å². The highest BCUT2D eigenvalue weighted by molar-refractivity contribution is 6.62. The topological polar surface area (TPSA) is 35.5 Å². The fourth-order valence-electron chi connectivity index (χ4n) is 3.17. The van der Waals surface area contributed by atoms with Gasteiger partial charge in [-0.2, -0.15) is 0 Å². The van der Waals surface area contributed by atoms with Crippen LogP contribution >= 0.6 is 0 Å². The summed E-state index contributed by atoms with van der Waals surface area (Å²) in [5.41, 5.74) is 5.44. The Morgan fingerprint density at radius 2 is 1.52 bits per heavy atom. The third-order valence-electron chi connectivity index (χ3n) is 5.81. The molecule has 1 saturated heterocycles. The first-order chi connectivity index (χ1) is 12.6. The summed E-state index contributed by atoms with van der Waals surface area (Å²) in [5.74, 6) is 0. The zero-order chi connectivity index (χ0) is 19.8. The van der Waals surface area contributed by atoms with Crippen LogP contribution in [0.5, 0.6) is 0 Å². The number of aryl methyl sites for hydroxylation is 1. The van der Waals surface area contributed by atoms with Gasteiger partial charge >= 0.3 is 7.12 Å². The number of rotatable bonds is 4. The summed E-state index contributed by atoms with van der Waals surface area (Å²) in [6.45, 7) is 12.4. The van der Waals surface area contributed by atoms with Gasteiger partial charge in [0.1, 0.15) is 6.29 Å². The van der Waals surface area contributed by atoms with Crippen LogP contribution in [0.1, 0.15) is 60.3 Å². The standard InChI is InChI=1S/C23H27BO3/c1-16-10-11-18(15-25)14-20(16)13-12-19-8-7-9-21(17(19)2)24-26-22(3,4)23(5,6)27-24/h7-15H,1-6H3/b13-12+. The second kappa shape index (κ2) is 7.10. The van der Waals surface area contributed by atoms with Crippen LogP contribution in [0.2, 0.25) is 0 Å². The second-order valence-electron chi connectivity index (χ2n) is 8.22. The highest BCUT2D eigenvalue weighted by Gasteiger charge is 2.52. The molecule has 0 amide bonds. The highest BCUT2D eigenvalue weighted by atomic mass is 16.7. The van der Waals surface area contributed by atoms with Crippen molar-refractivity contribution >= 4 is 31.0 Å². The van der Waals surface area contributed by atoms with E-state index in [4.69, 9.17) is 9.31 Å². The van der Waals surface area contributed by atoms with E-state index in [0.717, 1.165) is 34.0 Å². The first-order valence-electron chi connectivity index (χ1n) is 9.34. The molecule has 0 N–H and O–H groups in total. The molecule has 0 saturated carbocycles. The maximum absolute atomic E-state index is 11.0. The normalized spacial score (nSPS) is 18.2. The van der Waals surface area contributed by atoms with E-state index in [1.54, 1.807) is 0 Å². The van der Waals surface area contributed by atoms with Gasteiger partial charge in [0.2, 0.25) is 0 Å². The average molecular weight is 362 g/mol. The predicted octanol–water partition coefficient (Wildman–Crippen LogP) is 4.59. The SMILES string of the molecule is Cc1ccc(C=O)cc1/C=C/c1cccc(B2OC(C)(C)C(C)(C)O2)c1C. The molecule has 1 aliphatic heterocycles. The van der Waals surface area contributed by atoms with Crippen LogP contribution < -0.4 is 5.46 Å². The van der Waals surface area contributed by atoms with Gasteiger partial charge in [-0.3, -0.25) is 4.79 Å². The fraction of sp³-hybridized carbons (Fsp3) is 0.348. The Kier molecular flexibility index (Phi) is 5.15. The Morgan fingerprint density at radius 3 is 2.15 bits per heavy atom. The summed E-state index contributed by atoms with van der Waals surface area (Å²) < 4.78 is 12.4. The Labute approximate surface area is 162 Å². The van der Waals surface area contributed by atoms with E-state index < -0.39 is 0 Å². The van der Waals surface area contributed by atoms with Crippen molar-refractivity contribution in [3.63, 3.8) is 0 Å². The van der Waals surface area contributed by atoms with Crippen LogP contribution in [0.3, 0.4) is 0 Å². The fourth-order valence-corrected chi connectivity index (χ4v) is 3.17. The maximum atomic E-state index is 11.0. The van der Waals surface area contributed by atoms with Crippen LogP contribution in [0.15, 0.2) is 36.4 Å². The molecule has 0 bridgehead atoms. The van der Waals surface area contributed by atoms with Crippen molar-refractivity contribution < 1.29 is 14.1 Å². The maximum Gasteiger partial charge on any atom is 0.495 e. The Hall–Kier alpha value is -2.17. The van der Waals surface area contributed by atoms with Crippen LogP contribution in [0.4, 0.5) is 0 Å². The number of carbonyl (C=O) groups excluding carboxylic acids is 1. The van der Waals surface area contributed by atoms with Crippen LogP contribution in [0.25, 0.3) is 12.2 Å². The summed E-state index contributed by atoms with van der Waals surface area (Å²) in [4.78, 5) is 11.0. The molecule has 4 heteroatoms. The minimum atomic E-state index is -0.372. The van der Waals surface area contributed by atoms with Gasteiger partial charge in [0.15, 0.2) is 0 Å². The predicted molar refractivity (Wildman–Crippen MR) is 112 cm³/mol. The molecule has 0 atom stereocenters. The molecule has 0 aliphatic carbocycles. The smallest absolute Gasteiger partial charge is 0.399 e. The third kappa shape index (κ3) is 3.78. The monoisotopic (exact) mass is 362 g/mol. The van der Waals surface area contributed by atoms with Gasteiger partial charge in [0.05, 0.1) is 11.2 Å². The van der Waals surface area contributed by atoms with Crippen LogP contribution in [-0.4, -0.2) is 24.6 Å². The molecule has 0 spiro atoms. The lowest BCUT2D eigenvalue weighted by Gasteiger charge is -2.32. The molecular formula is C23H27BO3. The summed E-state index contributed by atoms with van der Waals surface area (Å²) >= 11 is 0. The Balaban J connectivity index is 1.92. The van der Waals surface area contributed by atoms with Crippen molar-refractivity contribution in [3.8, 4) is 0 Å². The van der Waals surface area contributed by atoms with Gasteiger partial charge in [0, 0.05) is 5.56 Å². The van der Waals surface area contributed by atoms with E-state index in [0.29, 0.717) is 5.56 Å². The average Bonchev–Trinajstić information content (AvgIpc) is 2.82. The summed E-state index contributed by atoms with van der Waals surface area (Å²) in [6.07, 6.45) is 5.01. The molecule has 2 aromatic carbocycles. The summed E-state index contributed by atoms with van der Waals surface area (Å²) in [5, 5.41) is 0. The van der Waals surface area contributed by atoms with Gasteiger partial charge < -0.3 is 9.31 Å². The molecule has 1 aliphatic rings. The minimum Gasteiger partial charge on any atom is -0.399 e. The molecule has 0 radical (unpaired) electrons. The van der Waals surface area contributed by atoms with Crippen molar-refractivity contribution in [2.45, 2.75) is 52.7 Å². The first-order valence-corrected chi connectivity index (χ1v) is 9.34. The molecule has 3 nitrogen and oxygen atoms in total. The Morgan fingerprint density at radius 1 is 0.889 bits per heavy atom. The van der Waals surface area contributed by atoms with Gasteiger partial charge in [-0.25, -0.2) is 0 Å². The number of hydrogen-bond donors (Lipinski definition) is 0. The quantitative estimate of drug-likeness (QED) is 0.454. The van der Waals surface area contributed by atoms with Crippen molar-refractivity contribution in [1.29, 1.82) is 0 Å². The van der Waals surface area contributed by atoms with Crippen LogP contribution in [-0.2, 0) is 9.31 Å². The summed E-state index contributed by atoms with van der Waals surface area (Å²) in [7, 11) is -0.372. The molecule has 0 unspecified atom stereocenters. The summed E-state index contributed by atoms with van der Waals surface area (Å²) in [6, 6.07) is 11.9. The molecule has 140 valence electrons. The number of hydrogen-bond acceptors (Lipinski definition) is 3. The lowest BCUT2D eigenvalue weighted by atomic mass is 9.75. The van der Waals surface area contributed by atoms with Crippen molar-refractivity contribution in [2.24, 2.45) is 0 Å². The second-order valence-corrected chi connectivity index (χ2v) is 8.22. The zero-order valence-electron chi connectivity index (χ0n) is 17.0. The van der Waals surface area contributed by atoms with E-state index in [1.165, 1.54) is 0 Å². The third-order valence-corrected chi connectivity index (χ3v) is 5.81. The molecule has 3 rings (SSSR count). The van der Waals surface area contributed by atoms with Gasteiger partial charge in [-0.1, -0.05) is 42.5 Å². The van der Waals surface area contributed by atoms with E-state index in [9.17, 15) is 4.79 Å². The van der Waals surface area contributed by atoms with Gasteiger partial charge in [-0.05, 0) is 75.3 Å². The van der Waals surface area contributed by atoms with Gasteiger partial charge in [-0.15, -0.1) is 0 Å². The number of aldehydes is 1. The van der Waals surface area contributed by atoms with Crippen molar-refractivity contribution in [1.82, 2.24) is 0 Å². The van der Waals surface area contributed by atoms with Crippen molar-refractivity contribution in [2.75, 3.05) is 0 Å². The van der Waals surface area contributed by atoms with Crippen molar-refractivity contribution in [3.05, 3.63) is 64.2 Å². The lowest BCUT2D eigenvalue weighted by molar-refractivity contribution is 0.00578. The first kappa shape index (κ1) is 19.6. The zero-order valence-corrected chi connectivity index (χ0v) is 17.0.